The number of carbonyl (C=O) groups excluding carboxylic acids is 1. The molecule has 1 N–H and O–H groups in total. The van der Waals surface area contributed by atoms with Gasteiger partial charge in [0.15, 0.2) is 0 Å². The number of amides is 1. The predicted molar refractivity (Wildman–Crippen MR) is 69.2 cm³/mol. The molecule has 3 nitrogen and oxygen atoms in total. The van der Waals surface area contributed by atoms with Crippen LogP contribution in [0.25, 0.3) is 0 Å². The summed E-state index contributed by atoms with van der Waals surface area (Å²) in [6, 6.07) is 9.59. The van der Waals surface area contributed by atoms with Gasteiger partial charge >= 0.3 is 0 Å². The molecule has 17 heavy (non-hydrogen) atoms. The predicted octanol–water partition coefficient (Wildman–Crippen LogP) is 2.69. The van der Waals surface area contributed by atoms with Crippen LogP contribution in [0.1, 0.15) is 25.9 Å². The second-order valence-electron chi connectivity index (χ2n) is 3.86. The number of pyridine rings is 1. The van der Waals surface area contributed by atoms with E-state index in [-0.39, 0.29) is 5.91 Å². The highest BCUT2D eigenvalue weighted by Crippen LogP contribution is 2.14. The first kappa shape index (κ1) is 11.8. The number of aryl methyl sites for hydroxylation is 2. The van der Waals surface area contributed by atoms with Crippen LogP contribution in [0.5, 0.6) is 0 Å². The summed E-state index contributed by atoms with van der Waals surface area (Å²) in [5.74, 6) is -0.0357. The molecular formula is C13H14N2OS. The minimum atomic E-state index is -0.0357. The highest BCUT2D eigenvalue weighted by atomic mass is 32.1. The zero-order valence-electron chi connectivity index (χ0n) is 9.86. The van der Waals surface area contributed by atoms with E-state index < -0.39 is 0 Å². The van der Waals surface area contributed by atoms with Gasteiger partial charge in [0.25, 0.3) is 5.91 Å². The maximum absolute atomic E-state index is 11.8. The Balaban J connectivity index is 1.97. The van der Waals surface area contributed by atoms with Crippen LogP contribution in [0.15, 0.2) is 30.3 Å². The van der Waals surface area contributed by atoms with Gasteiger partial charge in [0.2, 0.25) is 0 Å². The lowest BCUT2D eigenvalue weighted by Crippen LogP contribution is -2.22. The van der Waals surface area contributed by atoms with E-state index in [1.54, 1.807) is 0 Å². The number of rotatable bonds is 3. The summed E-state index contributed by atoms with van der Waals surface area (Å²) in [5.41, 5.74) is 1.84. The summed E-state index contributed by atoms with van der Waals surface area (Å²) in [4.78, 5) is 18.0. The van der Waals surface area contributed by atoms with Crippen LogP contribution in [0.3, 0.4) is 0 Å². The van der Waals surface area contributed by atoms with Gasteiger partial charge in [0.05, 0.1) is 17.1 Å². The quantitative estimate of drug-likeness (QED) is 0.904. The van der Waals surface area contributed by atoms with Crippen molar-refractivity contribution in [2.45, 2.75) is 20.4 Å². The Morgan fingerprint density at radius 1 is 1.29 bits per heavy atom. The average molecular weight is 246 g/mol. The Bertz CT molecular complexity index is 534. The van der Waals surface area contributed by atoms with Crippen molar-refractivity contribution >= 4 is 17.2 Å². The molecular weight excluding hydrogens is 232 g/mol. The minimum Gasteiger partial charge on any atom is -0.346 e. The summed E-state index contributed by atoms with van der Waals surface area (Å²) in [6.45, 7) is 4.40. The lowest BCUT2D eigenvalue weighted by molar-refractivity contribution is 0.0954. The number of hydrogen-bond acceptors (Lipinski definition) is 3. The maximum atomic E-state index is 11.8. The third kappa shape index (κ3) is 3.14. The van der Waals surface area contributed by atoms with Gasteiger partial charge in [-0.05, 0) is 38.1 Å². The van der Waals surface area contributed by atoms with Crippen LogP contribution in [-0.4, -0.2) is 10.9 Å². The standard InChI is InChI=1S/C13H14N2OS/c1-9-4-3-5-11(15-9)8-14-13(16)12-7-6-10(2)17-12/h3-7H,8H2,1-2H3,(H,14,16). The number of carbonyl (C=O) groups is 1. The molecule has 0 fully saturated rings. The van der Waals surface area contributed by atoms with E-state index in [0.717, 1.165) is 21.1 Å². The van der Waals surface area contributed by atoms with E-state index in [4.69, 9.17) is 0 Å². The fourth-order valence-corrected chi connectivity index (χ4v) is 2.30. The summed E-state index contributed by atoms with van der Waals surface area (Å²) in [7, 11) is 0. The van der Waals surface area contributed by atoms with Crippen LogP contribution >= 0.6 is 11.3 Å². The fraction of sp³-hybridized carbons (Fsp3) is 0.231. The zero-order valence-corrected chi connectivity index (χ0v) is 10.7. The molecule has 2 aromatic heterocycles. The largest absolute Gasteiger partial charge is 0.346 e. The van der Waals surface area contributed by atoms with Gasteiger partial charge in [-0.2, -0.15) is 0 Å². The number of nitrogens with zero attached hydrogens (tertiary/aromatic N) is 1. The molecule has 0 spiro atoms. The Hall–Kier alpha value is -1.68. The van der Waals surface area contributed by atoms with E-state index in [1.807, 2.05) is 44.2 Å². The van der Waals surface area contributed by atoms with E-state index in [1.165, 1.54) is 11.3 Å². The molecule has 0 unspecified atom stereocenters. The van der Waals surface area contributed by atoms with Crippen LogP contribution in [0, 0.1) is 13.8 Å². The summed E-state index contributed by atoms with van der Waals surface area (Å²) in [5, 5.41) is 2.86. The number of hydrogen-bond donors (Lipinski definition) is 1. The monoisotopic (exact) mass is 246 g/mol. The lowest BCUT2D eigenvalue weighted by Gasteiger charge is -2.03. The molecule has 1 amide bonds. The fourth-order valence-electron chi connectivity index (χ4n) is 1.51. The summed E-state index contributed by atoms with van der Waals surface area (Å²) >= 11 is 1.50. The van der Waals surface area contributed by atoms with Crippen molar-refractivity contribution in [2.75, 3.05) is 0 Å². The van der Waals surface area contributed by atoms with E-state index in [2.05, 4.69) is 10.3 Å². The van der Waals surface area contributed by atoms with Crippen LogP contribution in [-0.2, 0) is 6.54 Å². The minimum absolute atomic E-state index is 0.0357. The Morgan fingerprint density at radius 2 is 2.12 bits per heavy atom. The molecule has 2 rings (SSSR count). The first-order valence-corrected chi connectivity index (χ1v) is 6.24. The van der Waals surface area contributed by atoms with Gasteiger partial charge in [-0.15, -0.1) is 11.3 Å². The first-order valence-electron chi connectivity index (χ1n) is 5.42. The van der Waals surface area contributed by atoms with Crippen LogP contribution < -0.4 is 5.32 Å². The maximum Gasteiger partial charge on any atom is 0.261 e. The molecule has 0 saturated carbocycles. The lowest BCUT2D eigenvalue weighted by atomic mass is 10.3. The van der Waals surface area contributed by atoms with Gasteiger partial charge in [-0.1, -0.05) is 6.07 Å². The Morgan fingerprint density at radius 3 is 2.76 bits per heavy atom. The number of aromatic nitrogens is 1. The zero-order chi connectivity index (χ0) is 12.3. The summed E-state index contributed by atoms with van der Waals surface area (Å²) in [6.07, 6.45) is 0. The van der Waals surface area contributed by atoms with Gasteiger partial charge in [0, 0.05) is 10.6 Å². The molecule has 0 aromatic carbocycles. The second-order valence-corrected chi connectivity index (χ2v) is 5.15. The average Bonchev–Trinajstić information content (AvgIpc) is 2.73. The van der Waals surface area contributed by atoms with Crippen molar-refractivity contribution in [3.63, 3.8) is 0 Å². The molecule has 0 atom stereocenters. The van der Waals surface area contributed by atoms with Crippen molar-refractivity contribution in [3.05, 3.63) is 51.5 Å². The van der Waals surface area contributed by atoms with E-state index >= 15 is 0 Å². The molecule has 0 aliphatic carbocycles. The number of thiophene rings is 1. The molecule has 2 aromatic rings. The first-order chi connectivity index (χ1) is 8.15. The highest BCUT2D eigenvalue weighted by Gasteiger charge is 2.07. The van der Waals surface area contributed by atoms with Gasteiger partial charge < -0.3 is 5.32 Å². The van der Waals surface area contributed by atoms with Crippen molar-refractivity contribution in [2.24, 2.45) is 0 Å². The molecule has 0 aliphatic rings. The smallest absolute Gasteiger partial charge is 0.261 e. The third-order valence-corrected chi connectivity index (χ3v) is 3.34. The van der Waals surface area contributed by atoms with Gasteiger partial charge in [0.1, 0.15) is 0 Å². The van der Waals surface area contributed by atoms with Crippen molar-refractivity contribution in [1.29, 1.82) is 0 Å². The molecule has 4 heteroatoms. The molecule has 0 saturated heterocycles. The van der Waals surface area contributed by atoms with Crippen molar-refractivity contribution in [1.82, 2.24) is 10.3 Å². The number of nitrogens with one attached hydrogen (secondary N) is 1. The Labute approximate surface area is 105 Å². The van der Waals surface area contributed by atoms with Crippen LogP contribution in [0.2, 0.25) is 0 Å². The molecule has 88 valence electrons. The highest BCUT2D eigenvalue weighted by molar-refractivity contribution is 7.13. The van der Waals surface area contributed by atoms with E-state index in [9.17, 15) is 4.79 Å². The normalized spacial score (nSPS) is 10.2. The van der Waals surface area contributed by atoms with Gasteiger partial charge in [-0.25, -0.2) is 0 Å². The summed E-state index contributed by atoms with van der Waals surface area (Å²) < 4.78 is 0. The third-order valence-electron chi connectivity index (χ3n) is 2.34. The molecule has 2 heterocycles. The van der Waals surface area contributed by atoms with Crippen molar-refractivity contribution in [3.8, 4) is 0 Å². The molecule has 0 radical (unpaired) electrons. The molecule has 0 aliphatic heterocycles. The SMILES string of the molecule is Cc1cccc(CNC(=O)c2ccc(C)s2)n1. The van der Waals surface area contributed by atoms with Crippen molar-refractivity contribution < 1.29 is 4.79 Å². The topological polar surface area (TPSA) is 42.0 Å². The van der Waals surface area contributed by atoms with E-state index in [0.29, 0.717) is 6.54 Å². The molecule has 0 bridgehead atoms. The van der Waals surface area contributed by atoms with Crippen LogP contribution in [0.4, 0.5) is 0 Å². The second kappa shape index (κ2) is 5.10. The van der Waals surface area contributed by atoms with Gasteiger partial charge in [-0.3, -0.25) is 9.78 Å². The Kier molecular flexibility index (Phi) is 3.54.